The Morgan fingerprint density at radius 1 is 1.26 bits per heavy atom. The van der Waals surface area contributed by atoms with E-state index < -0.39 is 4.92 Å². The second-order valence-corrected chi connectivity index (χ2v) is 4.86. The highest BCUT2D eigenvalue weighted by Gasteiger charge is 2.04. The first-order valence-corrected chi connectivity index (χ1v) is 6.91. The van der Waals surface area contributed by atoms with Crippen molar-refractivity contribution in [2.75, 3.05) is 11.9 Å². The lowest BCUT2D eigenvalue weighted by Crippen LogP contribution is -2.25. The van der Waals surface area contributed by atoms with E-state index in [-0.39, 0.29) is 18.1 Å². The smallest absolute Gasteiger partial charge is 0.270 e. The number of carbonyl (C=O) groups excluding carboxylic acids is 1. The maximum absolute atomic E-state index is 11.7. The van der Waals surface area contributed by atoms with Gasteiger partial charge in [-0.05, 0) is 19.1 Å². The third-order valence-electron chi connectivity index (χ3n) is 2.99. The molecule has 0 fully saturated rings. The van der Waals surface area contributed by atoms with Gasteiger partial charge < -0.3 is 5.32 Å². The van der Waals surface area contributed by atoms with Gasteiger partial charge in [-0.25, -0.2) is 5.43 Å². The molecule has 0 radical (unpaired) electrons. The van der Waals surface area contributed by atoms with Gasteiger partial charge >= 0.3 is 0 Å². The minimum Gasteiger partial charge on any atom is -0.376 e. The van der Waals surface area contributed by atoms with Gasteiger partial charge in [0.05, 0.1) is 17.7 Å². The molecule has 0 aliphatic heterocycles. The summed E-state index contributed by atoms with van der Waals surface area (Å²) in [5, 5.41) is 17.4. The molecular weight excluding hydrogens is 296 g/mol. The third kappa shape index (κ3) is 5.24. The first-order chi connectivity index (χ1) is 11.0. The molecule has 7 heteroatoms. The molecule has 1 amide bonds. The number of hydrazone groups is 1. The maximum Gasteiger partial charge on any atom is 0.270 e. The molecule has 2 aromatic carbocycles. The number of benzene rings is 2. The molecule has 0 spiro atoms. The minimum atomic E-state index is -0.485. The number of hydrogen-bond donors (Lipinski definition) is 2. The number of amides is 1. The number of hydrogen-bond acceptors (Lipinski definition) is 5. The Hall–Kier alpha value is -3.22. The lowest BCUT2D eigenvalue weighted by molar-refractivity contribution is -0.384. The van der Waals surface area contributed by atoms with E-state index in [1.165, 1.54) is 18.3 Å². The van der Waals surface area contributed by atoms with Crippen molar-refractivity contribution >= 4 is 23.5 Å². The Morgan fingerprint density at radius 2 is 2.00 bits per heavy atom. The highest BCUT2D eigenvalue weighted by atomic mass is 16.6. The van der Waals surface area contributed by atoms with Crippen LogP contribution in [-0.4, -0.2) is 23.6 Å². The summed E-state index contributed by atoms with van der Waals surface area (Å²) in [7, 11) is 0. The number of nitrogens with one attached hydrogen (secondary N) is 2. The van der Waals surface area contributed by atoms with Crippen LogP contribution in [-0.2, 0) is 4.79 Å². The first-order valence-electron chi connectivity index (χ1n) is 6.91. The fraction of sp³-hybridized carbons (Fsp3) is 0.125. The Balaban J connectivity index is 1.83. The van der Waals surface area contributed by atoms with Gasteiger partial charge in [-0.2, -0.15) is 5.10 Å². The van der Waals surface area contributed by atoms with E-state index in [1.54, 1.807) is 12.1 Å². The second kappa shape index (κ2) is 7.69. The summed E-state index contributed by atoms with van der Waals surface area (Å²) < 4.78 is 0. The van der Waals surface area contributed by atoms with Crippen LogP contribution in [0.4, 0.5) is 11.4 Å². The van der Waals surface area contributed by atoms with Gasteiger partial charge in [-0.15, -0.1) is 0 Å². The van der Waals surface area contributed by atoms with E-state index in [1.807, 2.05) is 31.2 Å². The molecule has 0 saturated heterocycles. The van der Waals surface area contributed by atoms with Gasteiger partial charge in [-0.3, -0.25) is 14.9 Å². The average molecular weight is 312 g/mol. The number of nitro benzene ring substituents is 1. The zero-order chi connectivity index (χ0) is 16.7. The highest BCUT2D eigenvalue weighted by molar-refractivity contribution is 5.84. The number of non-ortho nitro benzene ring substituents is 1. The molecule has 0 unspecified atom stereocenters. The fourth-order valence-electron chi connectivity index (χ4n) is 1.79. The van der Waals surface area contributed by atoms with Crippen LogP contribution in [0.5, 0.6) is 0 Å². The summed E-state index contributed by atoms with van der Waals surface area (Å²) in [4.78, 5) is 21.8. The summed E-state index contributed by atoms with van der Waals surface area (Å²) in [6.07, 6.45) is 1.36. The van der Waals surface area contributed by atoms with Gasteiger partial charge in [0, 0.05) is 23.4 Å². The molecule has 0 heterocycles. The van der Waals surface area contributed by atoms with Crippen LogP contribution in [0.15, 0.2) is 53.6 Å². The zero-order valence-electron chi connectivity index (χ0n) is 12.5. The van der Waals surface area contributed by atoms with Crippen LogP contribution >= 0.6 is 0 Å². The van der Waals surface area contributed by atoms with Gasteiger partial charge in [-0.1, -0.05) is 29.8 Å². The van der Waals surface area contributed by atoms with Gasteiger partial charge in [0.1, 0.15) is 0 Å². The number of nitro groups is 1. The number of anilines is 1. The molecule has 7 nitrogen and oxygen atoms in total. The van der Waals surface area contributed by atoms with E-state index >= 15 is 0 Å². The van der Waals surface area contributed by atoms with Crippen LogP contribution in [0, 0.1) is 17.0 Å². The number of rotatable bonds is 6. The maximum atomic E-state index is 11.7. The van der Waals surface area contributed by atoms with Gasteiger partial charge in [0.25, 0.3) is 11.6 Å². The molecule has 2 aromatic rings. The Morgan fingerprint density at radius 3 is 2.70 bits per heavy atom. The Labute approximate surface area is 133 Å². The topological polar surface area (TPSA) is 96.6 Å². The van der Waals surface area contributed by atoms with E-state index in [0.29, 0.717) is 5.56 Å². The average Bonchev–Trinajstić information content (AvgIpc) is 2.54. The van der Waals surface area contributed by atoms with Crippen molar-refractivity contribution in [2.24, 2.45) is 5.10 Å². The van der Waals surface area contributed by atoms with E-state index in [9.17, 15) is 14.9 Å². The molecule has 23 heavy (non-hydrogen) atoms. The molecular formula is C16H16N4O3. The van der Waals surface area contributed by atoms with Gasteiger partial charge in [0.2, 0.25) is 0 Å². The SMILES string of the molecule is Cc1ccc(NCC(=O)N/N=C\c2cccc([N+](=O)[O-])c2)cc1. The largest absolute Gasteiger partial charge is 0.376 e. The number of carbonyl (C=O) groups is 1. The van der Waals surface area contributed by atoms with Crippen molar-refractivity contribution in [3.05, 3.63) is 69.8 Å². The number of aryl methyl sites for hydroxylation is 1. The minimum absolute atomic E-state index is 0.0266. The monoisotopic (exact) mass is 312 g/mol. The van der Waals surface area contributed by atoms with E-state index in [2.05, 4.69) is 15.8 Å². The lowest BCUT2D eigenvalue weighted by Gasteiger charge is -2.05. The van der Waals surface area contributed by atoms with Crippen molar-refractivity contribution in [1.82, 2.24) is 5.43 Å². The Bertz CT molecular complexity index is 726. The predicted molar refractivity (Wildman–Crippen MR) is 88.5 cm³/mol. The lowest BCUT2D eigenvalue weighted by atomic mass is 10.2. The van der Waals surface area contributed by atoms with Crippen molar-refractivity contribution in [3.63, 3.8) is 0 Å². The molecule has 118 valence electrons. The summed E-state index contributed by atoms with van der Waals surface area (Å²) >= 11 is 0. The summed E-state index contributed by atoms with van der Waals surface area (Å²) in [5.41, 5.74) is 4.85. The molecule has 0 aliphatic carbocycles. The zero-order valence-corrected chi connectivity index (χ0v) is 12.5. The highest BCUT2D eigenvalue weighted by Crippen LogP contribution is 2.11. The molecule has 0 saturated carbocycles. The molecule has 0 bridgehead atoms. The second-order valence-electron chi connectivity index (χ2n) is 4.86. The van der Waals surface area contributed by atoms with Crippen molar-refractivity contribution in [3.8, 4) is 0 Å². The van der Waals surface area contributed by atoms with Crippen LogP contribution in [0.1, 0.15) is 11.1 Å². The van der Waals surface area contributed by atoms with E-state index in [4.69, 9.17) is 0 Å². The van der Waals surface area contributed by atoms with Crippen LogP contribution in [0.3, 0.4) is 0 Å². The van der Waals surface area contributed by atoms with Crippen molar-refractivity contribution in [1.29, 1.82) is 0 Å². The van der Waals surface area contributed by atoms with Crippen LogP contribution < -0.4 is 10.7 Å². The molecule has 0 aromatic heterocycles. The molecule has 0 aliphatic rings. The normalized spacial score (nSPS) is 10.5. The summed E-state index contributed by atoms with van der Waals surface area (Å²) in [6, 6.07) is 13.6. The predicted octanol–water partition coefficient (Wildman–Crippen LogP) is 2.47. The van der Waals surface area contributed by atoms with E-state index in [0.717, 1.165) is 11.3 Å². The fourth-order valence-corrected chi connectivity index (χ4v) is 1.79. The summed E-state index contributed by atoms with van der Waals surface area (Å²) in [6.45, 7) is 2.06. The van der Waals surface area contributed by atoms with Gasteiger partial charge in [0.15, 0.2) is 0 Å². The molecule has 0 atom stereocenters. The van der Waals surface area contributed by atoms with Crippen molar-refractivity contribution < 1.29 is 9.72 Å². The number of nitrogens with zero attached hydrogens (tertiary/aromatic N) is 2. The molecule has 2 rings (SSSR count). The third-order valence-corrected chi connectivity index (χ3v) is 2.99. The van der Waals surface area contributed by atoms with Crippen LogP contribution in [0.25, 0.3) is 0 Å². The standard InChI is InChI=1S/C16H16N4O3/c1-12-5-7-14(8-6-12)17-11-16(21)19-18-10-13-3-2-4-15(9-13)20(22)23/h2-10,17H,11H2,1H3,(H,19,21)/b18-10-. The van der Waals surface area contributed by atoms with Crippen LogP contribution in [0.2, 0.25) is 0 Å². The Kier molecular flexibility index (Phi) is 5.40. The molecule has 2 N–H and O–H groups in total. The first kappa shape index (κ1) is 16.2. The quantitative estimate of drug-likeness (QED) is 0.486. The summed E-state index contributed by atoms with van der Waals surface area (Å²) in [5.74, 6) is -0.313. The van der Waals surface area contributed by atoms with Crippen molar-refractivity contribution in [2.45, 2.75) is 6.92 Å².